The van der Waals surface area contributed by atoms with Crippen LogP contribution in [-0.4, -0.2) is 21.1 Å². The van der Waals surface area contributed by atoms with Crippen LogP contribution in [-0.2, 0) is 0 Å². The largest absolute Gasteiger partial charge is 0.330 e. The van der Waals surface area contributed by atoms with Crippen molar-refractivity contribution < 1.29 is 10.0 Å². The van der Waals surface area contributed by atoms with Crippen LogP contribution in [0.25, 0.3) is 0 Å². The first-order chi connectivity index (χ1) is 7.00. The molecule has 82 valence electrons. The van der Waals surface area contributed by atoms with Crippen LogP contribution < -0.4 is 0 Å². The van der Waals surface area contributed by atoms with Crippen LogP contribution in [0.2, 0.25) is 0 Å². The molecule has 0 fully saturated rings. The van der Waals surface area contributed by atoms with Crippen LogP contribution in [0.3, 0.4) is 0 Å². The Balaban J connectivity index is 3.05. The molecule has 1 aromatic carbocycles. The van der Waals surface area contributed by atoms with Gasteiger partial charge >= 0.3 is 5.72 Å². The molecule has 0 bridgehead atoms. The second-order valence-corrected chi connectivity index (χ2v) is 4.12. The van der Waals surface area contributed by atoms with E-state index < -0.39 is 16.6 Å². The van der Waals surface area contributed by atoms with E-state index in [1.807, 2.05) is 6.07 Å². The Morgan fingerprint density at radius 1 is 1.53 bits per heavy atom. The minimum atomic E-state index is -1.95. The summed E-state index contributed by atoms with van der Waals surface area (Å²) in [4.78, 5) is 10.1. The first kappa shape index (κ1) is 12.1. The third kappa shape index (κ3) is 2.54. The number of rotatable bonds is 4. The predicted molar refractivity (Wildman–Crippen MR) is 60.6 cm³/mol. The zero-order valence-electron chi connectivity index (χ0n) is 8.26. The van der Waals surface area contributed by atoms with E-state index in [2.05, 4.69) is 15.9 Å². The van der Waals surface area contributed by atoms with Crippen molar-refractivity contribution in [2.75, 3.05) is 5.33 Å². The monoisotopic (exact) mass is 273 g/mol. The summed E-state index contributed by atoms with van der Waals surface area (Å²) in [5.41, 5.74) is -1.21. The van der Waals surface area contributed by atoms with Gasteiger partial charge in [0.25, 0.3) is 0 Å². The van der Waals surface area contributed by atoms with Gasteiger partial charge in [-0.25, -0.2) is 0 Å². The van der Waals surface area contributed by atoms with E-state index in [1.165, 1.54) is 6.92 Å². The Hall–Kier alpha value is -0.940. The van der Waals surface area contributed by atoms with Crippen molar-refractivity contribution in [3.63, 3.8) is 0 Å². The highest BCUT2D eigenvalue weighted by atomic mass is 79.9. The summed E-state index contributed by atoms with van der Waals surface area (Å²) in [6, 6.07) is 8.95. The van der Waals surface area contributed by atoms with Gasteiger partial charge in [0.1, 0.15) is 0 Å². The first-order valence-electron chi connectivity index (χ1n) is 4.48. The molecular formula is C10H12BrNO3. The molecule has 4 nitrogen and oxygen atoms in total. The van der Waals surface area contributed by atoms with Crippen molar-refractivity contribution in [2.24, 2.45) is 0 Å². The molecule has 2 atom stereocenters. The number of hydrogen-bond acceptors (Lipinski definition) is 3. The zero-order valence-corrected chi connectivity index (χ0v) is 9.85. The average Bonchev–Trinajstić information content (AvgIpc) is 2.19. The molecule has 0 aromatic heterocycles. The van der Waals surface area contributed by atoms with E-state index in [4.69, 9.17) is 0 Å². The minimum Gasteiger partial charge on any atom is -0.330 e. The number of alkyl halides is 1. The highest BCUT2D eigenvalue weighted by molar-refractivity contribution is 9.09. The smallest absolute Gasteiger partial charge is 0.327 e. The van der Waals surface area contributed by atoms with Gasteiger partial charge < -0.3 is 5.11 Å². The number of halogens is 1. The van der Waals surface area contributed by atoms with E-state index in [9.17, 15) is 15.2 Å². The summed E-state index contributed by atoms with van der Waals surface area (Å²) in [5, 5.41) is 20.8. The van der Waals surface area contributed by atoms with Gasteiger partial charge in [-0.15, -0.1) is 0 Å². The van der Waals surface area contributed by atoms with E-state index in [1.54, 1.807) is 24.3 Å². The average molecular weight is 274 g/mol. The summed E-state index contributed by atoms with van der Waals surface area (Å²) in [5.74, 6) is -0.561. The van der Waals surface area contributed by atoms with Gasteiger partial charge in [0, 0.05) is 12.3 Å². The Morgan fingerprint density at radius 3 is 2.47 bits per heavy atom. The molecule has 0 amide bonds. The van der Waals surface area contributed by atoms with Crippen LogP contribution in [0, 0.1) is 10.1 Å². The Kier molecular flexibility index (Phi) is 3.82. The van der Waals surface area contributed by atoms with E-state index in [0.29, 0.717) is 5.33 Å². The Morgan fingerprint density at radius 2 is 2.07 bits per heavy atom. The highest BCUT2D eigenvalue weighted by Gasteiger charge is 2.43. The lowest BCUT2D eigenvalue weighted by molar-refractivity contribution is -0.623. The molecule has 0 aliphatic rings. The van der Waals surface area contributed by atoms with Gasteiger partial charge in [0.05, 0.1) is 10.8 Å². The molecule has 0 spiro atoms. The normalized spacial score (nSPS) is 16.7. The summed E-state index contributed by atoms with van der Waals surface area (Å²) in [6.45, 7) is 1.21. The second kappa shape index (κ2) is 4.72. The predicted octanol–water partition coefficient (Wildman–Crippen LogP) is 2.15. The standard InChI is InChI=1S/C10H12BrNO3/c1-10(13,12(14)15)9(7-11)8-5-3-2-4-6-8/h2-6,9,13H,7H2,1H3. The lowest BCUT2D eigenvalue weighted by atomic mass is 9.92. The topological polar surface area (TPSA) is 63.4 Å². The molecular weight excluding hydrogens is 262 g/mol. The van der Waals surface area contributed by atoms with Gasteiger partial charge in [-0.1, -0.05) is 46.3 Å². The van der Waals surface area contributed by atoms with Gasteiger partial charge in [-0.3, -0.25) is 10.1 Å². The Bertz CT molecular complexity index is 340. The third-order valence-electron chi connectivity index (χ3n) is 2.39. The van der Waals surface area contributed by atoms with E-state index in [-0.39, 0.29) is 0 Å². The van der Waals surface area contributed by atoms with Crippen LogP contribution in [0.5, 0.6) is 0 Å². The number of aliphatic hydroxyl groups is 1. The molecule has 15 heavy (non-hydrogen) atoms. The second-order valence-electron chi connectivity index (χ2n) is 3.47. The maximum Gasteiger partial charge on any atom is 0.327 e. The number of nitrogens with zero attached hydrogens (tertiary/aromatic N) is 1. The summed E-state index contributed by atoms with van der Waals surface area (Å²) in [6.07, 6.45) is 0. The SMILES string of the molecule is CC(O)(C(CBr)c1ccccc1)[N+](=O)[O-]. The molecule has 0 radical (unpaired) electrons. The molecule has 0 aliphatic carbocycles. The molecule has 1 rings (SSSR count). The number of hydrogen-bond donors (Lipinski definition) is 1. The van der Waals surface area contributed by atoms with Gasteiger partial charge in [0.15, 0.2) is 0 Å². The Labute approximate surface area is 96.2 Å². The van der Waals surface area contributed by atoms with Crippen molar-refractivity contribution >= 4 is 15.9 Å². The fourth-order valence-corrected chi connectivity index (χ4v) is 2.35. The molecule has 0 aliphatic heterocycles. The van der Waals surface area contributed by atoms with Gasteiger partial charge in [-0.05, 0) is 5.56 Å². The summed E-state index contributed by atoms with van der Waals surface area (Å²) < 4.78 is 0. The molecule has 1 aromatic rings. The van der Waals surface area contributed by atoms with E-state index >= 15 is 0 Å². The van der Waals surface area contributed by atoms with Crippen molar-refractivity contribution in [1.82, 2.24) is 0 Å². The fourth-order valence-electron chi connectivity index (χ4n) is 1.36. The molecule has 0 saturated heterocycles. The molecule has 1 N–H and O–H groups in total. The minimum absolute atomic E-state index is 0.338. The lowest BCUT2D eigenvalue weighted by Crippen LogP contribution is -2.41. The number of benzene rings is 1. The van der Waals surface area contributed by atoms with Crippen LogP contribution in [0.15, 0.2) is 30.3 Å². The van der Waals surface area contributed by atoms with Crippen molar-refractivity contribution in [3.05, 3.63) is 46.0 Å². The van der Waals surface area contributed by atoms with Crippen molar-refractivity contribution in [1.29, 1.82) is 0 Å². The van der Waals surface area contributed by atoms with Crippen LogP contribution >= 0.6 is 15.9 Å². The van der Waals surface area contributed by atoms with Crippen molar-refractivity contribution in [2.45, 2.75) is 18.6 Å². The number of nitro groups is 1. The molecule has 2 unspecified atom stereocenters. The van der Waals surface area contributed by atoms with Crippen molar-refractivity contribution in [3.8, 4) is 0 Å². The zero-order chi connectivity index (χ0) is 11.5. The third-order valence-corrected chi connectivity index (χ3v) is 3.03. The summed E-state index contributed by atoms with van der Waals surface area (Å²) >= 11 is 3.19. The van der Waals surface area contributed by atoms with Crippen LogP contribution in [0.4, 0.5) is 0 Å². The lowest BCUT2D eigenvalue weighted by Gasteiger charge is -2.23. The highest BCUT2D eigenvalue weighted by Crippen LogP contribution is 2.30. The fraction of sp³-hybridized carbons (Fsp3) is 0.400. The molecule has 5 heteroatoms. The quantitative estimate of drug-likeness (QED) is 0.396. The van der Waals surface area contributed by atoms with Gasteiger partial charge in [0.2, 0.25) is 0 Å². The molecule has 0 saturated carbocycles. The maximum absolute atomic E-state index is 10.7. The molecule has 0 heterocycles. The maximum atomic E-state index is 10.7. The first-order valence-corrected chi connectivity index (χ1v) is 5.60. The van der Waals surface area contributed by atoms with Gasteiger partial charge in [-0.2, -0.15) is 0 Å². The van der Waals surface area contributed by atoms with Crippen LogP contribution in [0.1, 0.15) is 18.4 Å². The van der Waals surface area contributed by atoms with E-state index in [0.717, 1.165) is 5.56 Å². The summed E-state index contributed by atoms with van der Waals surface area (Å²) in [7, 11) is 0.